The molecule has 0 bridgehead atoms. The molecule has 1 amide bonds. The molecule has 3 rings (SSSR count). The van der Waals surface area contributed by atoms with E-state index in [0.717, 1.165) is 6.42 Å². The molecule has 0 saturated carbocycles. The van der Waals surface area contributed by atoms with Crippen LogP contribution in [-0.4, -0.2) is 46.3 Å². The molecule has 1 atom stereocenters. The summed E-state index contributed by atoms with van der Waals surface area (Å²) in [5.74, 6) is -0.824. The van der Waals surface area contributed by atoms with Crippen LogP contribution >= 0.6 is 0 Å². The van der Waals surface area contributed by atoms with Gasteiger partial charge in [-0.05, 0) is 32.8 Å². The van der Waals surface area contributed by atoms with Crippen molar-refractivity contribution in [3.05, 3.63) is 40.3 Å². The van der Waals surface area contributed by atoms with E-state index in [1.54, 1.807) is 36.1 Å². The smallest absolute Gasteiger partial charge is 0.310 e. The van der Waals surface area contributed by atoms with Gasteiger partial charge in [-0.2, -0.15) is 5.10 Å². The molecule has 26 heavy (non-hydrogen) atoms. The number of hydrogen-bond acceptors (Lipinski definition) is 5. The monoisotopic (exact) mass is 357 g/mol. The lowest BCUT2D eigenvalue weighted by atomic mass is 9.97. The maximum absolute atomic E-state index is 13.1. The van der Waals surface area contributed by atoms with Crippen molar-refractivity contribution in [3.8, 4) is 0 Å². The van der Waals surface area contributed by atoms with E-state index < -0.39 is 0 Å². The van der Waals surface area contributed by atoms with E-state index in [4.69, 9.17) is 4.74 Å². The summed E-state index contributed by atoms with van der Waals surface area (Å²) in [6.45, 7) is 5.18. The van der Waals surface area contributed by atoms with Crippen molar-refractivity contribution in [1.82, 2.24) is 14.7 Å². The van der Waals surface area contributed by atoms with Crippen LogP contribution < -0.4 is 5.56 Å². The van der Waals surface area contributed by atoms with Crippen LogP contribution in [-0.2, 0) is 16.1 Å². The minimum atomic E-state index is -0.309. The molecular weight excluding hydrogens is 334 g/mol. The zero-order valence-electron chi connectivity index (χ0n) is 15.1. The molecule has 7 nitrogen and oxygen atoms in total. The van der Waals surface area contributed by atoms with Crippen LogP contribution in [0.3, 0.4) is 0 Å². The molecule has 7 heteroatoms. The van der Waals surface area contributed by atoms with Crippen molar-refractivity contribution in [3.63, 3.8) is 0 Å². The Morgan fingerprint density at radius 1 is 1.23 bits per heavy atom. The number of piperidine rings is 1. The van der Waals surface area contributed by atoms with Gasteiger partial charge in [0.15, 0.2) is 5.69 Å². The Kier molecular flexibility index (Phi) is 5.35. The normalized spacial score (nSPS) is 17.3. The Balaban J connectivity index is 1.96. The molecule has 1 aliphatic heterocycles. The third-order valence-electron chi connectivity index (χ3n) is 4.70. The van der Waals surface area contributed by atoms with E-state index >= 15 is 0 Å². The molecule has 1 saturated heterocycles. The molecule has 0 N–H and O–H groups in total. The van der Waals surface area contributed by atoms with Gasteiger partial charge in [0.1, 0.15) is 0 Å². The number of carbonyl (C=O) groups is 2. The Hall–Kier alpha value is -2.70. The summed E-state index contributed by atoms with van der Waals surface area (Å²) in [6.07, 6.45) is 1.45. The van der Waals surface area contributed by atoms with Gasteiger partial charge in [-0.15, -0.1) is 0 Å². The number of amides is 1. The SMILES string of the molecule is CCOC(=O)[C@@H]1CCCN(C(=O)c2nn(CC)c(=O)c3ccccc23)C1. The lowest BCUT2D eigenvalue weighted by Crippen LogP contribution is -2.43. The number of esters is 1. The Morgan fingerprint density at radius 3 is 2.65 bits per heavy atom. The lowest BCUT2D eigenvalue weighted by Gasteiger charge is -2.31. The van der Waals surface area contributed by atoms with Gasteiger partial charge < -0.3 is 9.64 Å². The van der Waals surface area contributed by atoms with Crippen LogP contribution in [0.1, 0.15) is 37.2 Å². The molecule has 1 aromatic carbocycles. The first kappa shape index (κ1) is 18.1. The number of likely N-dealkylation sites (tertiary alicyclic amines) is 1. The highest BCUT2D eigenvalue weighted by Gasteiger charge is 2.31. The standard InChI is InChI=1S/C19H23N3O4/c1-3-22-17(23)15-10-6-5-9-14(15)16(20-22)18(24)21-11-7-8-13(12-21)19(25)26-4-2/h5-6,9-10,13H,3-4,7-8,11-12H2,1-2H3/t13-/m1/s1. The summed E-state index contributed by atoms with van der Waals surface area (Å²) in [6, 6.07) is 7.01. The molecule has 1 aromatic heterocycles. The molecule has 138 valence electrons. The number of fused-ring (bicyclic) bond motifs is 1. The summed E-state index contributed by atoms with van der Waals surface area (Å²) in [7, 11) is 0. The van der Waals surface area contributed by atoms with Gasteiger partial charge in [0.2, 0.25) is 0 Å². The molecular formula is C19H23N3O4. The number of nitrogens with zero attached hydrogens (tertiary/aromatic N) is 3. The minimum Gasteiger partial charge on any atom is -0.466 e. The van der Waals surface area contributed by atoms with Gasteiger partial charge in [0.05, 0.1) is 17.9 Å². The average Bonchev–Trinajstić information content (AvgIpc) is 2.68. The Bertz CT molecular complexity index is 890. The van der Waals surface area contributed by atoms with E-state index in [0.29, 0.717) is 43.4 Å². The van der Waals surface area contributed by atoms with Crippen LogP contribution in [0.5, 0.6) is 0 Å². The minimum absolute atomic E-state index is 0.206. The van der Waals surface area contributed by atoms with Gasteiger partial charge in [-0.1, -0.05) is 18.2 Å². The van der Waals surface area contributed by atoms with Crippen molar-refractivity contribution in [2.45, 2.75) is 33.2 Å². The third kappa shape index (κ3) is 3.34. The second-order valence-corrected chi connectivity index (χ2v) is 6.36. The molecule has 1 fully saturated rings. The van der Waals surface area contributed by atoms with Crippen LogP contribution in [0.2, 0.25) is 0 Å². The molecule has 0 spiro atoms. The fourth-order valence-electron chi connectivity index (χ4n) is 3.37. The van der Waals surface area contributed by atoms with Gasteiger partial charge in [0, 0.05) is 25.0 Å². The van der Waals surface area contributed by atoms with E-state index in [1.807, 2.05) is 6.92 Å². The quantitative estimate of drug-likeness (QED) is 0.780. The Labute approximate surface area is 151 Å². The number of aryl methyl sites for hydroxylation is 1. The third-order valence-corrected chi connectivity index (χ3v) is 4.70. The highest BCUT2D eigenvalue weighted by atomic mass is 16.5. The van der Waals surface area contributed by atoms with Crippen molar-refractivity contribution >= 4 is 22.6 Å². The summed E-state index contributed by atoms with van der Waals surface area (Å²) < 4.78 is 6.41. The van der Waals surface area contributed by atoms with Crippen LogP contribution in [0.25, 0.3) is 10.8 Å². The highest BCUT2D eigenvalue weighted by Crippen LogP contribution is 2.22. The summed E-state index contributed by atoms with van der Waals surface area (Å²) >= 11 is 0. The zero-order valence-corrected chi connectivity index (χ0v) is 15.1. The number of aromatic nitrogens is 2. The number of ether oxygens (including phenoxy) is 1. The van der Waals surface area contributed by atoms with Crippen molar-refractivity contribution in [2.75, 3.05) is 19.7 Å². The fraction of sp³-hybridized carbons (Fsp3) is 0.474. The molecule has 1 aliphatic rings. The summed E-state index contributed by atoms with van der Waals surface area (Å²) in [5.41, 5.74) is 0.0502. The maximum atomic E-state index is 13.1. The first-order valence-corrected chi connectivity index (χ1v) is 9.02. The van der Waals surface area contributed by atoms with Crippen LogP contribution in [0.15, 0.2) is 29.1 Å². The largest absolute Gasteiger partial charge is 0.466 e. The molecule has 0 aliphatic carbocycles. The van der Waals surface area contributed by atoms with E-state index in [-0.39, 0.29) is 29.0 Å². The fourth-order valence-corrected chi connectivity index (χ4v) is 3.37. The van der Waals surface area contributed by atoms with Crippen LogP contribution in [0.4, 0.5) is 0 Å². The van der Waals surface area contributed by atoms with Gasteiger partial charge in [0.25, 0.3) is 11.5 Å². The number of carbonyl (C=O) groups excluding carboxylic acids is 2. The van der Waals surface area contributed by atoms with E-state index in [9.17, 15) is 14.4 Å². The van der Waals surface area contributed by atoms with Crippen LogP contribution in [0, 0.1) is 5.92 Å². The van der Waals surface area contributed by atoms with Gasteiger partial charge >= 0.3 is 5.97 Å². The second-order valence-electron chi connectivity index (χ2n) is 6.36. The van der Waals surface area contributed by atoms with Gasteiger partial charge in [-0.3, -0.25) is 14.4 Å². The van der Waals surface area contributed by atoms with E-state index in [1.165, 1.54) is 4.68 Å². The predicted octanol–water partition coefficient (Wildman–Crippen LogP) is 1.83. The predicted molar refractivity (Wildman–Crippen MR) is 96.9 cm³/mol. The van der Waals surface area contributed by atoms with E-state index in [2.05, 4.69) is 5.10 Å². The van der Waals surface area contributed by atoms with Crippen molar-refractivity contribution in [1.29, 1.82) is 0 Å². The molecule has 2 heterocycles. The molecule has 0 radical (unpaired) electrons. The number of benzene rings is 1. The lowest BCUT2D eigenvalue weighted by molar-refractivity contribution is -0.149. The highest BCUT2D eigenvalue weighted by molar-refractivity contribution is 6.04. The summed E-state index contributed by atoms with van der Waals surface area (Å²) in [4.78, 5) is 39.2. The van der Waals surface area contributed by atoms with Gasteiger partial charge in [-0.25, -0.2) is 4.68 Å². The topological polar surface area (TPSA) is 81.5 Å². The maximum Gasteiger partial charge on any atom is 0.310 e. The Morgan fingerprint density at radius 2 is 1.96 bits per heavy atom. The number of hydrogen-bond donors (Lipinski definition) is 0. The first-order valence-electron chi connectivity index (χ1n) is 9.02. The second kappa shape index (κ2) is 7.68. The number of rotatable bonds is 4. The summed E-state index contributed by atoms with van der Waals surface area (Å²) in [5, 5.41) is 5.32. The first-order chi connectivity index (χ1) is 12.6. The van der Waals surface area contributed by atoms with Crippen molar-refractivity contribution in [2.24, 2.45) is 5.92 Å². The average molecular weight is 357 g/mol. The molecule has 0 unspecified atom stereocenters. The van der Waals surface area contributed by atoms with Crippen molar-refractivity contribution < 1.29 is 14.3 Å². The molecule has 2 aromatic rings. The zero-order chi connectivity index (χ0) is 18.7.